The number of halogens is 1. The fraction of sp³-hybridized carbons (Fsp3) is 0.227. The van der Waals surface area contributed by atoms with Gasteiger partial charge < -0.3 is 21.4 Å². The average molecular weight is 465 g/mol. The van der Waals surface area contributed by atoms with Gasteiger partial charge in [0.25, 0.3) is 5.91 Å². The number of primary amides is 1. The van der Waals surface area contributed by atoms with Crippen molar-refractivity contribution >= 4 is 44.0 Å². The van der Waals surface area contributed by atoms with Gasteiger partial charge in [-0.05, 0) is 43.5 Å². The van der Waals surface area contributed by atoms with Crippen LogP contribution in [0.25, 0.3) is 16.3 Å². The molecule has 0 spiro atoms. The second-order valence-electron chi connectivity index (χ2n) is 7.12. The molecular formula is C22H21BrN6O. The van der Waals surface area contributed by atoms with Gasteiger partial charge in [0.2, 0.25) is 0 Å². The molecule has 1 atom stereocenters. The maximum Gasteiger partial charge on any atom is 0.251 e. The molecule has 0 radical (unpaired) electrons. The number of carbonyl (C=O) groups excluding carboxylic acids is 1. The van der Waals surface area contributed by atoms with Gasteiger partial charge in [-0.1, -0.05) is 28.4 Å². The third kappa shape index (κ3) is 4.22. The summed E-state index contributed by atoms with van der Waals surface area (Å²) in [5, 5.41) is 8.46. The Morgan fingerprint density at radius 2 is 2.23 bits per heavy atom. The van der Waals surface area contributed by atoms with E-state index in [2.05, 4.69) is 55.0 Å². The first-order chi connectivity index (χ1) is 14.5. The lowest BCUT2D eigenvalue weighted by Crippen LogP contribution is -2.38. The molecule has 0 bridgehead atoms. The summed E-state index contributed by atoms with van der Waals surface area (Å²) in [6.07, 6.45) is 5.30. The van der Waals surface area contributed by atoms with Gasteiger partial charge in [-0.25, -0.2) is 9.97 Å². The second-order valence-corrected chi connectivity index (χ2v) is 8.04. The van der Waals surface area contributed by atoms with E-state index in [1.807, 2.05) is 18.2 Å². The zero-order valence-electron chi connectivity index (χ0n) is 16.3. The molecule has 7 nitrogen and oxygen atoms in total. The number of pyridine rings is 1. The lowest BCUT2D eigenvalue weighted by atomic mass is 9.99. The molecule has 8 heteroatoms. The molecule has 2 aromatic heterocycles. The van der Waals surface area contributed by atoms with E-state index in [1.165, 1.54) is 0 Å². The van der Waals surface area contributed by atoms with E-state index in [-0.39, 0.29) is 6.04 Å². The van der Waals surface area contributed by atoms with Gasteiger partial charge in [-0.3, -0.25) is 4.79 Å². The molecule has 1 saturated heterocycles. The largest absolute Gasteiger partial charge is 0.366 e. The fourth-order valence-electron chi connectivity index (χ4n) is 3.56. The number of nitrogens with one attached hydrogen (secondary N) is 3. The van der Waals surface area contributed by atoms with Crippen molar-refractivity contribution in [2.45, 2.75) is 18.9 Å². The van der Waals surface area contributed by atoms with Crippen LogP contribution in [0.15, 0.2) is 41.8 Å². The van der Waals surface area contributed by atoms with Crippen molar-refractivity contribution in [2.24, 2.45) is 5.73 Å². The summed E-state index contributed by atoms with van der Waals surface area (Å²) in [5.74, 6) is 6.04. The minimum Gasteiger partial charge on any atom is -0.366 e. The van der Waals surface area contributed by atoms with E-state index in [4.69, 9.17) is 10.7 Å². The molecule has 1 amide bonds. The molecule has 1 aliphatic rings. The molecule has 3 aromatic rings. The summed E-state index contributed by atoms with van der Waals surface area (Å²) < 4.78 is 0.842. The maximum absolute atomic E-state index is 12.4. The number of amides is 1. The molecule has 30 heavy (non-hydrogen) atoms. The van der Waals surface area contributed by atoms with Crippen molar-refractivity contribution in [3.8, 4) is 11.8 Å². The van der Waals surface area contributed by atoms with Crippen molar-refractivity contribution < 1.29 is 4.79 Å². The van der Waals surface area contributed by atoms with Crippen molar-refractivity contribution in [2.75, 3.05) is 18.4 Å². The summed E-state index contributed by atoms with van der Waals surface area (Å²) >= 11 is 3.49. The van der Waals surface area contributed by atoms with Crippen LogP contribution in [0.3, 0.4) is 0 Å². The van der Waals surface area contributed by atoms with E-state index in [0.29, 0.717) is 33.7 Å². The Balaban J connectivity index is 1.85. The molecular weight excluding hydrogens is 444 g/mol. The van der Waals surface area contributed by atoms with Gasteiger partial charge >= 0.3 is 0 Å². The predicted molar refractivity (Wildman–Crippen MR) is 122 cm³/mol. The third-order valence-electron chi connectivity index (χ3n) is 4.98. The first-order valence-electron chi connectivity index (χ1n) is 9.63. The Kier molecular flexibility index (Phi) is 5.84. The van der Waals surface area contributed by atoms with Gasteiger partial charge in [0.05, 0.1) is 23.8 Å². The number of nitrogens with two attached hydrogens (primary N) is 1. The molecule has 5 N–H and O–H groups in total. The molecule has 1 aliphatic heterocycles. The van der Waals surface area contributed by atoms with Crippen molar-refractivity contribution in [3.63, 3.8) is 0 Å². The number of anilines is 1. The number of benzene rings is 1. The molecule has 4 rings (SSSR count). The number of carbonyl (C=O) groups is 1. The van der Waals surface area contributed by atoms with Crippen LogP contribution in [0.4, 0.5) is 5.82 Å². The van der Waals surface area contributed by atoms with Crippen LogP contribution in [0, 0.1) is 11.8 Å². The Morgan fingerprint density at radius 3 is 2.93 bits per heavy atom. The predicted octanol–water partition coefficient (Wildman–Crippen LogP) is 3.05. The van der Waals surface area contributed by atoms with Gasteiger partial charge in [-0.15, -0.1) is 0 Å². The minimum atomic E-state index is -0.573. The van der Waals surface area contributed by atoms with Crippen molar-refractivity contribution in [1.82, 2.24) is 20.3 Å². The normalized spacial score (nSPS) is 16.0. The quantitative estimate of drug-likeness (QED) is 0.443. The summed E-state index contributed by atoms with van der Waals surface area (Å²) in [7, 11) is 0. The molecule has 1 fully saturated rings. The highest BCUT2D eigenvalue weighted by Crippen LogP contribution is 2.32. The molecule has 0 saturated carbocycles. The number of nitrogens with zero attached hydrogens (tertiary/aromatic N) is 2. The number of imidazole rings is 1. The highest BCUT2D eigenvalue weighted by molar-refractivity contribution is 9.10. The number of piperidine rings is 1. The number of H-pyrrole nitrogens is 1. The Hall–Kier alpha value is -3.15. The van der Waals surface area contributed by atoms with Crippen LogP contribution < -0.4 is 16.4 Å². The van der Waals surface area contributed by atoms with Crippen LogP contribution in [0.2, 0.25) is 0 Å². The first kappa shape index (κ1) is 20.1. The number of rotatable bonds is 4. The third-order valence-corrected chi connectivity index (χ3v) is 5.48. The van der Waals surface area contributed by atoms with E-state index in [0.717, 1.165) is 35.8 Å². The molecule has 1 unspecified atom stereocenters. The summed E-state index contributed by atoms with van der Waals surface area (Å²) in [5.41, 5.74) is 7.51. The number of aromatic amines is 1. The zero-order chi connectivity index (χ0) is 21.1. The van der Waals surface area contributed by atoms with E-state index in [1.54, 1.807) is 12.5 Å². The van der Waals surface area contributed by atoms with Crippen LogP contribution in [0.1, 0.15) is 34.6 Å². The second kappa shape index (κ2) is 8.69. The number of aromatic nitrogens is 3. The van der Waals surface area contributed by atoms with Crippen LogP contribution in [0.5, 0.6) is 0 Å². The minimum absolute atomic E-state index is 0.245. The molecule has 152 valence electrons. The number of allylic oxidation sites excluding steroid dienone is 1. The van der Waals surface area contributed by atoms with Crippen LogP contribution in [-0.2, 0) is 0 Å². The lowest BCUT2D eigenvalue weighted by Gasteiger charge is -2.25. The van der Waals surface area contributed by atoms with Crippen LogP contribution in [-0.4, -0.2) is 40.0 Å². The van der Waals surface area contributed by atoms with E-state index >= 15 is 0 Å². The van der Waals surface area contributed by atoms with E-state index < -0.39 is 5.91 Å². The van der Waals surface area contributed by atoms with E-state index in [9.17, 15) is 4.79 Å². The standard InChI is InChI=1S/C22H21BrN6O/c1-13(4-6-15-10-26-12-27-15)20-19(21(24)30)18-9-14(23)5-7-17(18)22(29-20)28-16-3-2-8-25-11-16/h5,7,9-10,12,16,25H,1-3,8,11H2,(H2,24,30)(H,26,27)(H,28,29). The molecule has 1 aromatic carbocycles. The summed E-state index contributed by atoms with van der Waals surface area (Å²) in [4.78, 5) is 24.1. The van der Waals surface area contributed by atoms with Gasteiger partial charge in [0, 0.05) is 33.4 Å². The van der Waals surface area contributed by atoms with Gasteiger partial charge in [0.1, 0.15) is 11.5 Å². The lowest BCUT2D eigenvalue weighted by molar-refractivity contribution is 0.100. The molecule has 3 heterocycles. The topological polar surface area (TPSA) is 109 Å². The van der Waals surface area contributed by atoms with Gasteiger partial charge in [0.15, 0.2) is 0 Å². The summed E-state index contributed by atoms with van der Waals surface area (Å²) in [6, 6.07) is 5.97. The highest BCUT2D eigenvalue weighted by Gasteiger charge is 2.22. The van der Waals surface area contributed by atoms with Crippen molar-refractivity contribution in [1.29, 1.82) is 0 Å². The van der Waals surface area contributed by atoms with Crippen LogP contribution >= 0.6 is 15.9 Å². The Labute approximate surface area is 182 Å². The van der Waals surface area contributed by atoms with Gasteiger partial charge in [-0.2, -0.15) is 0 Å². The zero-order valence-corrected chi connectivity index (χ0v) is 17.8. The monoisotopic (exact) mass is 464 g/mol. The van der Waals surface area contributed by atoms with Crippen molar-refractivity contribution in [3.05, 3.63) is 58.7 Å². The first-order valence-corrected chi connectivity index (χ1v) is 10.4. The maximum atomic E-state index is 12.4. The Bertz CT molecular complexity index is 1170. The SMILES string of the molecule is C=C(C#Cc1cnc[nH]1)c1nc(NC2CCCNC2)c2ccc(Br)cc2c1C(N)=O. The highest BCUT2D eigenvalue weighted by atomic mass is 79.9. The number of hydrogen-bond acceptors (Lipinski definition) is 5. The fourth-order valence-corrected chi connectivity index (χ4v) is 3.92. The number of hydrogen-bond donors (Lipinski definition) is 4. The number of fused-ring (bicyclic) bond motifs is 1. The summed E-state index contributed by atoms with van der Waals surface area (Å²) in [6.45, 7) is 5.93. The average Bonchev–Trinajstić information content (AvgIpc) is 3.25. The Morgan fingerprint density at radius 1 is 1.37 bits per heavy atom. The molecule has 0 aliphatic carbocycles. The smallest absolute Gasteiger partial charge is 0.251 e.